The van der Waals surface area contributed by atoms with Crippen LogP contribution in [0.25, 0.3) is 0 Å². The molecule has 1 aromatic heterocycles. The van der Waals surface area contributed by atoms with Crippen LogP contribution in [-0.4, -0.2) is 37.9 Å². The van der Waals surface area contributed by atoms with Crippen LogP contribution in [0.2, 0.25) is 0 Å². The van der Waals surface area contributed by atoms with Crippen LogP contribution >= 0.6 is 0 Å². The molecule has 1 aliphatic heterocycles. The number of aromatic nitrogens is 3. The summed E-state index contributed by atoms with van der Waals surface area (Å²) in [4.78, 5) is 27.8. The normalized spacial score (nSPS) is 16.4. The molecule has 130 valence electrons. The highest BCUT2D eigenvalue weighted by atomic mass is 16.5. The number of anilines is 1. The number of carboxylic acids is 1. The van der Waals surface area contributed by atoms with Crippen LogP contribution < -0.4 is 5.32 Å². The van der Waals surface area contributed by atoms with E-state index in [0.29, 0.717) is 22.8 Å². The van der Waals surface area contributed by atoms with Gasteiger partial charge in [-0.15, -0.1) is 0 Å². The number of aromatic carboxylic acids is 1. The molecule has 8 heteroatoms. The first-order chi connectivity index (χ1) is 11.9. The first-order valence-electron chi connectivity index (χ1n) is 7.80. The molecule has 25 heavy (non-hydrogen) atoms. The number of nitrogens with one attached hydrogen (secondary N) is 1. The number of benzene rings is 1. The van der Waals surface area contributed by atoms with Crippen LogP contribution in [0, 0.1) is 0 Å². The molecule has 0 bridgehead atoms. The smallest absolute Gasteiger partial charge is 0.338 e. The van der Waals surface area contributed by atoms with E-state index in [1.807, 2.05) is 0 Å². The molecule has 1 atom stereocenters. The van der Waals surface area contributed by atoms with Gasteiger partial charge in [-0.1, -0.05) is 12.1 Å². The van der Waals surface area contributed by atoms with Crippen molar-refractivity contribution in [2.24, 2.45) is 0 Å². The highest BCUT2D eigenvalue weighted by molar-refractivity contribution is 5.92. The maximum absolute atomic E-state index is 12.6. The van der Waals surface area contributed by atoms with Gasteiger partial charge in [0.1, 0.15) is 12.4 Å². The summed E-state index contributed by atoms with van der Waals surface area (Å²) >= 11 is 0. The molecule has 0 radical (unpaired) electrons. The van der Waals surface area contributed by atoms with Crippen molar-refractivity contribution in [2.45, 2.75) is 32.9 Å². The summed E-state index contributed by atoms with van der Waals surface area (Å²) in [5.74, 6) is -0.955. The van der Waals surface area contributed by atoms with Crippen molar-refractivity contribution >= 4 is 17.9 Å². The van der Waals surface area contributed by atoms with Gasteiger partial charge in [-0.25, -0.2) is 14.3 Å². The average Bonchev–Trinajstić information content (AvgIpc) is 3.00. The number of allylic oxidation sites excluding steroid dienone is 1. The van der Waals surface area contributed by atoms with Crippen LogP contribution in [0.5, 0.6) is 0 Å². The van der Waals surface area contributed by atoms with E-state index in [0.717, 1.165) is 0 Å². The largest absolute Gasteiger partial charge is 0.478 e. The summed E-state index contributed by atoms with van der Waals surface area (Å²) in [6, 6.07) is 5.78. The zero-order chi connectivity index (χ0) is 18.1. The van der Waals surface area contributed by atoms with E-state index < -0.39 is 18.0 Å². The molecule has 1 aliphatic rings. The Morgan fingerprint density at radius 1 is 1.28 bits per heavy atom. The summed E-state index contributed by atoms with van der Waals surface area (Å²) in [7, 11) is 0. The Balaban J connectivity index is 2.08. The molecule has 1 aromatic carbocycles. The number of ether oxygens (including phenoxy) is 1. The third-order valence-electron chi connectivity index (χ3n) is 3.83. The number of fused-ring (bicyclic) bond motifs is 1. The first kappa shape index (κ1) is 16.7. The predicted octanol–water partition coefficient (Wildman–Crippen LogP) is 2.22. The standard InChI is InChI=1S/C17H18N4O4/c1-9(2)25-16(24)13-10(3)20-17-18-8-19-21(17)14(13)11-4-6-12(7-5-11)15(22)23/h4-9,14H,1-3H3,(H,22,23)(H,18,19,20)/t14-/m1/s1. The highest BCUT2D eigenvalue weighted by Crippen LogP contribution is 2.35. The Kier molecular flexibility index (Phi) is 4.26. The van der Waals surface area contributed by atoms with E-state index in [-0.39, 0.29) is 11.7 Å². The van der Waals surface area contributed by atoms with Crippen LogP contribution in [0.4, 0.5) is 5.95 Å². The number of esters is 1. The Morgan fingerprint density at radius 3 is 2.56 bits per heavy atom. The van der Waals surface area contributed by atoms with Crippen LogP contribution in [-0.2, 0) is 9.53 Å². The monoisotopic (exact) mass is 342 g/mol. The molecule has 2 N–H and O–H groups in total. The van der Waals surface area contributed by atoms with Gasteiger partial charge in [0.25, 0.3) is 0 Å². The molecular weight excluding hydrogens is 324 g/mol. The fourth-order valence-electron chi connectivity index (χ4n) is 2.75. The SMILES string of the molecule is CC1=C(C(=O)OC(C)C)[C@@H](c2ccc(C(=O)O)cc2)n2ncnc2N1. The first-order valence-corrected chi connectivity index (χ1v) is 7.80. The van der Waals surface area contributed by atoms with Gasteiger partial charge in [0.2, 0.25) is 5.95 Å². The third-order valence-corrected chi connectivity index (χ3v) is 3.83. The van der Waals surface area contributed by atoms with Gasteiger partial charge in [-0.3, -0.25) is 0 Å². The lowest BCUT2D eigenvalue weighted by atomic mass is 9.95. The predicted molar refractivity (Wildman–Crippen MR) is 89.1 cm³/mol. The minimum Gasteiger partial charge on any atom is -0.478 e. The minimum atomic E-state index is -1.01. The van der Waals surface area contributed by atoms with Crippen molar-refractivity contribution in [3.8, 4) is 0 Å². The number of rotatable bonds is 4. The van der Waals surface area contributed by atoms with E-state index in [2.05, 4.69) is 15.4 Å². The number of hydrogen-bond acceptors (Lipinski definition) is 6. The number of hydrogen-bond donors (Lipinski definition) is 2. The third kappa shape index (κ3) is 3.10. The Hall–Kier alpha value is -3.16. The van der Waals surface area contributed by atoms with Crippen molar-refractivity contribution < 1.29 is 19.4 Å². The second-order valence-electron chi connectivity index (χ2n) is 5.98. The molecule has 0 unspecified atom stereocenters. The van der Waals surface area contributed by atoms with E-state index in [4.69, 9.17) is 9.84 Å². The molecule has 0 aliphatic carbocycles. The van der Waals surface area contributed by atoms with E-state index in [1.54, 1.807) is 37.6 Å². The van der Waals surface area contributed by atoms with Gasteiger partial charge in [0, 0.05) is 5.70 Å². The molecule has 0 amide bonds. The lowest BCUT2D eigenvalue weighted by molar-refractivity contribution is -0.143. The lowest BCUT2D eigenvalue weighted by Crippen LogP contribution is -2.30. The van der Waals surface area contributed by atoms with Crippen molar-refractivity contribution in [1.29, 1.82) is 0 Å². The summed E-state index contributed by atoms with van der Waals surface area (Å²) in [6.07, 6.45) is 1.13. The van der Waals surface area contributed by atoms with Crippen molar-refractivity contribution in [1.82, 2.24) is 14.8 Å². The summed E-state index contributed by atoms with van der Waals surface area (Å²) in [6.45, 7) is 5.33. The van der Waals surface area contributed by atoms with Gasteiger partial charge in [-0.2, -0.15) is 10.1 Å². The second-order valence-corrected chi connectivity index (χ2v) is 5.98. The maximum Gasteiger partial charge on any atom is 0.338 e. The fourth-order valence-corrected chi connectivity index (χ4v) is 2.75. The number of nitrogens with zero attached hydrogens (tertiary/aromatic N) is 3. The average molecular weight is 342 g/mol. The molecule has 0 saturated carbocycles. The molecule has 2 aromatic rings. The minimum absolute atomic E-state index is 0.170. The van der Waals surface area contributed by atoms with Crippen LogP contribution in [0.3, 0.4) is 0 Å². The molecule has 2 heterocycles. The Morgan fingerprint density at radius 2 is 1.96 bits per heavy atom. The molecule has 0 spiro atoms. The number of carbonyl (C=O) groups excluding carboxylic acids is 1. The fraction of sp³-hybridized carbons (Fsp3) is 0.294. The van der Waals surface area contributed by atoms with Gasteiger partial charge in [-0.05, 0) is 38.5 Å². The van der Waals surface area contributed by atoms with Crippen molar-refractivity contribution in [3.63, 3.8) is 0 Å². The van der Waals surface area contributed by atoms with E-state index >= 15 is 0 Å². The van der Waals surface area contributed by atoms with E-state index in [1.165, 1.54) is 18.5 Å². The van der Waals surface area contributed by atoms with Crippen LogP contribution in [0.15, 0.2) is 41.9 Å². The Labute approximate surface area is 144 Å². The quantitative estimate of drug-likeness (QED) is 0.820. The van der Waals surface area contributed by atoms with Gasteiger partial charge < -0.3 is 15.2 Å². The molecule has 3 rings (SSSR count). The molecular formula is C17H18N4O4. The summed E-state index contributed by atoms with van der Waals surface area (Å²) in [5.41, 5.74) is 1.92. The summed E-state index contributed by atoms with van der Waals surface area (Å²) in [5, 5.41) is 16.3. The van der Waals surface area contributed by atoms with Gasteiger partial charge in [0.15, 0.2) is 0 Å². The molecule has 0 saturated heterocycles. The summed E-state index contributed by atoms with van der Waals surface area (Å²) < 4.78 is 6.96. The Bertz CT molecular complexity index is 852. The number of carbonyl (C=O) groups is 2. The van der Waals surface area contributed by atoms with Gasteiger partial charge in [0.05, 0.1) is 17.2 Å². The van der Waals surface area contributed by atoms with Gasteiger partial charge >= 0.3 is 11.9 Å². The second kappa shape index (κ2) is 6.39. The van der Waals surface area contributed by atoms with Crippen molar-refractivity contribution in [3.05, 3.63) is 53.0 Å². The zero-order valence-electron chi connectivity index (χ0n) is 14.1. The lowest BCUT2D eigenvalue weighted by Gasteiger charge is -2.28. The number of carboxylic acid groups (broad SMARTS) is 1. The zero-order valence-corrected chi connectivity index (χ0v) is 14.1. The highest BCUT2D eigenvalue weighted by Gasteiger charge is 2.34. The van der Waals surface area contributed by atoms with Crippen LogP contribution in [0.1, 0.15) is 42.7 Å². The molecule has 8 nitrogen and oxygen atoms in total. The van der Waals surface area contributed by atoms with E-state index in [9.17, 15) is 9.59 Å². The van der Waals surface area contributed by atoms with Crippen molar-refractivity contribution in [2.75, 3.05) is 5.32 Å². The molecule has 0 fully saturated rings. The topological polar surface area (TPSA) is 106 Å². The maximum atomic E-state index is 12.6.